The summed E-state index contributed by atoms with van der Waals surface area (Å²) in [5.41, 5.74) is 1.37. The van der Waals surface area contributed by atoms with Crippen LogP contribution in [-0.2, 0) is 10.3 Å². The molecule has 3 heteroatoms. The number of rotatable bonds is 4. The fourth-order valence-electron chi connectivity index (χ4n) is 2.18. The topological polar surface area (TPSA) is 49.3 Å². The van der Waals surface area contributed by atoms with Crippen LogP contribution in [0.5, 0.6) is 0 Å². The van der Waals surface area contributed by atoms with Crippen molar-refractivity contribution in [1.29, 1.82) is 0 Å². The monoisotopic (exact) mass is 255 g/mol. The summed E-state index contributed by atoms with van der Waals surface area (Å²) in [5, 5.41) is 12.7. The van der Waals surface area contributed by atoms with E-state index in [0.717, 1.165) is 16.8 Å². The Morgan fingerprint density at radius 2 is 1.63 bits per heavy atom. The largest absolute Gasteiger partial charge is 0.479 e. The molecule has 0 heterocycles. The van der Waals surface area contributed by atoms with Crippen LogP contribution in [0, 0.1) is 6.92 Å². The maximum Gasteiger partial charge on any atom is 0.333 e. The molecule has 0 aliphatic carbocycles. The number of nitrogens with one attached hydrogen (secondary N) is 1. The van der Waals surface area contributed by atoms with Gasteiger partial charge in [0, 0.05) is 5.69 Å². The van der Waals surface area contributed by atoms with Crippen LogP contribution in [0.3, 0.4) is 0 Å². The predicted octanol–water partition coefficient (Wildman–Crippen LogP) is 3.41. The van der Waals surface area contributed by atoms with Crippen LogP contribution in [0.25, 0.3) is 0 Å². The SMILES string of the molecule is Cc1ccccc1C(C)(Nc1ccccc1)C(=O)O. The van der Waals surface area contributed by atoms with Gasteiger partial charge >= 0.3 is 5.97 Å². The Morgan fingerprint density at radius 3 is 2.21 bits per heavy atom. The van der Waals surface area contributed by atoms with Crippen molar-refractivity contribution >= 4 is 11.7 Å². The molecule has 0 spiro atoms. The van der Waals surface area contributed by atoms with E-state index in [0.29, 0.717) is 0 Å². The summed E-state index contributed by atoms with van der Waals surface area (Å²) in [6, 6.07) is 16.9. The van der Waals surface area contributed by atoms with Crippen molar-refractivity contribution in [2.75, 3.05) is 5.32 Å². The van der Waals surface area contributed by atoms with Gasteiger partial charge in [-0.3, -0.25) is 0 Å². The number of carbonyl (C=O) groups is 1. The third-order valence-corrected chi connectivity index (χ3v) is 3.28. The molecule has 0 saturated carbocycles. The number of hydrogen-bond acceptors (Lipinski definition) is 2. The van der Waals surface area contributed by atoms with Gasteiger partial charge in [0.05, 0.1) is 0 Å². The highest BCUT2D eigenvalue weighted by Crippen LogP contribution is 2.28. The molecule has 2 aromatic carbocycles. The Kier molecular flexibility index (Phi) is 3.56. The Bertz CT molecular complexity index is 580. The van der Waals surface area contributed by atoms with E-state index in [4.69, 9.17) is 0 Å². The summed E-state index contributed by atoms with van der Waals surface area (Å²) < 4.78 is 0. The minimum absolute atomic E-state index is 0.770. The van der Waals surface area contributed by atoms with E-state index in [1.54, 1.807) is 6.92 Å². The van der Waals surface area contributed by atoms with Gasteiger partial charge in [0.15, 0.2) is 5.54 Å². The van der Waals surface area contributed by atoms with Gasteiger partial charge in [-0.15, -0.1) is 0 Å². The molecule has 0 radical (unpaired) electrons. The maximum atomic E-state index is 11.7. The second-order valence-corrected chi connectivity index (χ2v) is 4.74. The first-order chi connectivity index (χ1) is 9.04. The molecule has 2 aromatic rings. The molecule has 0 aliphatic heterocycles. The molecule has 0 amide bonds. The van der Waals surface area contributed by atoms with Gasteiger partial charge in [-0.2, -0.15) is 0 Å². The summed E-state index contributed by atoms with van der Waals surface area (Å²) in [4.78, 5) is 11.7. The number of carboxylic acid groups (broad SMARTS) is 1. The Hall–Kier alpha value is -2.29. The number of hydrogen-bond donors (Lipinski definition) is 2. The van der Waals surface area contributed by atoms with Crippen LogP contribution >= 0.6 is 0 Å². The zero-order valence-electron chi connectivity index (χ0n) is 11.1. The van der Waals surface area contributed by atoms with Crippen LogP contribution in [0.1, 0.15) is 18.1 Å². The van der Waals surface area contributed by atoms with Gasteiger partial charge in [0.1, 0.15) is 0 Å². The molecule has 19 heavy (non-hydrogen) atoms. The van der Waals surface area contributed by atoms with Crippen molar-refractivity contribution in [3.8, 4) is 0 Å². The van der Waals surface area contributed by atoms with Gasteiger partial charge in [0.25, 0.3) is 0 Å². The minimum Gasteiger partial charge on any atom is -0.479 e. The second-order valence-electron chi connectivity index (χ2n) is 4.74. The number of aryl methyl sites for hydroxylation is 1. The van der Waals surface area contributed by atoms with Gasteiger partial charge in [-0.1, -0.05) is 42.5 Å². The van der Waals surface area contributed by atoms with Crippen molar-refractivity contribution in [2.24, 2.45) is 0 Å². The molecule has 0 aliphatic rings. The molecule has 0 saturated heterocycles. The van der Waals surface area contributed by atoms with E-state index in [2.05, 4.69) is 5.32 Å². The van der Waals surface area contributed by atoms with Crippen LogP contribution in [0.15, 0.2) is 54.6 Å². The maximum absolute atomic E-state index is 11.7. The molecular formula is C16H17NO2. The zero-order chi connectivity index (χ0) is 13.9. The van der Waals surface area contributed by atoms with E-state index in [-0.39, 0.29) is 0 Å². The highest BCUT2D eigenvalue weighted by molar-refractivity contribution is 5.84. The fourth-order valence-corrected chi connectivity index (χ4v) is 2.18. The molecule has 1 atom stereocenters. The number of benzene rings is 2. The number of aliphatic carboxylic acids is 1. The predicted molar refractivity (Wildman–Crippen MR) is 76.2 cm³/mol. The van der Waals surface area contributed by atoms with Gasteiger partial charge in [-0.05, 0) is 37.1 Å². The fraction of sp³-hybridized carbons (Fsp3) is 0.188. The normalized spacial score (nSPS) is 13.6. The van der Waals surface area contributed by atoms with Crippen molar-refractivity contribution < 1.29 is 9.90 Å². The lowest BCUT2D eigenvalue weighted by molar-refractivity contribution is -0.142. The van der Waals surface area contributed by atoms with Gasteiger partial charge in [-0.25, -0.2) is 4.79 Å². The minimum atomic E-state index is -1.15. The van der Waals surface area contributed by atoms with E-state index >= 15 is 0 Å². The molecule has 98 valence electrons. The molecular weight excluding hydrogens is 238 g/mol. The lowest BCUT2D eigenvalue weighted by Crippen LogP contribution is -2.41. The molecule has 1 unspecified atom stereocenters. The first kappa shape index (κ1) is 13.1. The lowest BCUT2D eigenvalue weighted by Gasteiger charge is -2.29. The van der Waals surface area contributed by atoms with Gasteiger partial charge < -0.3 is 10.4 Å². The third kappa shape index (κ3) is 2.60. The molecule has 0 fully saturated rings. The van der Waals surface area contributed by atoms with Crippen molar-refractivity contribution in [1.82, 2.24) is 0 Å². The summed E-state index contributed by atoms with van der Waals surface area (Å²) >= 11 is 0. The molecule has 0 bridgehead atoms. The molecule has 3 nitrogen and oxygen atoms in total. The molecule has 0 aromatic heterocycles. The van der Waals surface area contributed by atoms with E-state index < -0.39 is 11.5 Å². The second kappa shape index (κ2) is 5.14. The van der Waals surface area contributed by atoms with Gasteiger partial charge in [0.2, 0.25) is 0 Å². The first-order valence-electron chi connectivity index (χ1n) is 6.17. The van der Waals surface area contributed by atoms with Crippen LogP contribution in [0.2, 0.25) is 0 Å². The van der Waals surface area contributed by atoms with Crippen LogP contribution < -0.4 is 5.32 Å². The summed E-state index contributed by atoms with van der Waals surface area (Å²) in [6.07, 6.45) is 0. The lowest BCUT2D eigenvalue weighted by atomic mass is 9.88. The van der Waals surface area contributed by atoms with E-state index in [1.165, 1.54) is 0 Å². The summed E-state index contributed by atoms with van der Waals surface area (Å²) in [6.45, 7) is 3.61. The number of carboxylic acids is 1. The van der Waals surface area contributed by atoms with Crippen molar-refractivity contribution in [3.63, 3.8) is 0 Å². The van der Waals surface area contributed by atoms with E-state index in [1.807, 2.05) is 61.5 Å². The highest BCUT2D eigenvalue weighted by Gasteiger charge is 2.36. The van der Waals surface area contributed by atoms with E-state index in [9.17, 15) is 9.90 Å². The van der Waals surface area contributed by atoms with Crippen molar-refractivity contribution in [2.45, 2.75) is 19.4 Å². The quantitative estimate of drug-likeness (QED) is 0.880. The molecule has 2 N–H and O–H groups in total. The summed E-state index contributed by atoms with van der Waals surface area (Å²) in [7, 11) is 0. The average molecular weight is 255 g/mol. The Labute approximate surface area is 112 Å². The van der Waals surface area contributed by atoms with Crippen molar-refractivity contribution in [3.05, 3.63) is 65.7 Å². The third-order valence-electron chi connectivity index (χ3n) is 3.28. The average Bonchev–Trinajstić information content (AvgIpc) is 2.40. The smallest absolute Gasteiger partial charge is 0.333 e. The summed E-state index contributed by atoms with van der Waals surface area (Å²) in [5.74, 6) is -0.898. The zero-order valence-corrected chi connectivity index (χ0v) is 11.1. The van der Waals surface area contributed by atoms with Crippen LogP contribution in [0.4, 0.5) is 5.69 Å². The highest BCUT2D eigenvalue weighted by atomic mass is 16.4. The number of anilines is 1. The van der Waals surface area contributed by atoms with Crippen LogP contribution in [-0.4, -0.2) is 11.1 Å². The molecule has 2 rings (SSSR count). The standard InChI is InChI=1S/C16H17NO2/c1-12-8-6-7-11-14(12)16(2,15(18)19)17-13-9-4-3-5-10-13/h3-11,17H,1-2H3,(H,18,19). The Morgan fingerprint density at radius 1 is 1.05 bits per heavy atom. The first-order valence-corrected chi connectivity index (χ1v) is 6.17. The number of para-hydroxylation sites is 1. The Balaban J connectivity index is 2.45.